The van der Waals surface area contributed by atoms with Gasteiger partial charge in [-0.05, 0) is 131 Å². The Hall–Kier alpha value is -8.20. The molecule has 2 nitrogen and oxygen atoms in total. The van der Waals surface area contributed by atoms with Crippen LogP contribution in [-0.4, -0.2) is 0 Å². The monoisotopic (exact) mass is 789 g/mol. The molecule has 0 fully saturated rings. The zero-order valence-corrected chi connectivity index (χ0v) is 33.9. The van der Waals surface area contributed by atoms with Gasteiger partial charge in [0.15, 0.2) is 5.58 Å². The van der Waals surface area contributed by atoms with Crippen LogP contribution in [0.15, 0.2) is 241 Å². The predicted molar refractivity (Wildman–Crippen MR) is 263 cm³/mol. The molecule has 0 spiro atoms. The second-order valence-electron chi connectivity index (χ2n) is 16.1. The number of hydrogen-bond donors (Lipinski definition) is 0. The number of rotatable bonds is 7. The van der Waals surface area contributed by atoms with Gasteiger partial charge >= 0.3 is 0 Å². The van der Waals surface area contributed by atoms with Crippen molar-refractivity contribution in [3.8, 4) is 44.5 Å². The first kappa shape index (κ1) is 35.7. The summed E-state index contributed by atoms with van der Waals surface area (Å²) in [7, 11) is 0. The number of para-hydroxylation sites is 1. The average Bonchev–Trinajstić information content (AvgIpc) is 3.72. The molecule has 2 heteroatoms. The number of anilines is 3. The Kier molecular flexibility index (Phi) is 8.53. The van der Waals surface area contributed by atoms with Gasteiger partial charge in [-0.25, -0.2) is 0 Å². The van der Waals surface area contributed by atoms with Crippen LogP contribution in [0.4, 0.5) is 17.1 Å². The summed E-state index contributed by atoms with van der Waals surface area (Å²) in [6, 6.07) is 85.4. The van der Waals surface area contributed by atoms with Crippen molar-refractivity contribution in [1.29, 1.82) is 0 Å². The summed E-state index contributed by atoms with van der Waals surface area (Å²) in [5.41, 5.74) is 14.2. The molecule has 0 unspecified atom stereocenters. The molecular formula is C60H39NO. The van der Waals surface area contributed by atoms with Crippen molar-refractivity contribution in [2.24, 2.45) is 0 Å². The lowest BCUT2D eigenvalue weighted by atomic mass is 9.92. The molecule has 0 saturated heterocycles. The Morgan fingerprint density at radius 3 is 1.47 bits per heavy atom. The number of benzene rings is 11. The highest BCUT2D eigenvalue weighted by Gasteiger charge is 2.21. The lowest BCUT2D eigenvalue weighted by Gasteiger charge is -2.27. The van der Waals surface area contributed by atoms with E-state index < -0.39 is 0 Å². The lowest BCUT2D eigenvalue weighted by Crippen LogP contribution is -2.10. The fourth-order valence-corrected chi connectivity index (χ4v) is 9.34. The summed E-state index contributed by atoms with van der Waals surface area (Å²) >= 11 is 0. The summed E-state index contributed by atoms with van der Waals surface area (Å²) in [5, 5.41) is 9.64. The maximum absolute atomic E-state index is 6.89. The van der Waals surface area contributed by atoms with Gasteiger partial charge in [-0.1, -0.05) is 182 Å². The Morgan fingerprint density at radius 2 is 0.790 bits per heavy atom. The topological polar surface area (TPSA) is 16.4 Å². The Labute approximate surface area is 360 Å². The van der Waals surface area contributed by atoms with Crippen LogP contribution in [0, 0.1) is 0 Å². The first-order valence-electron chi connectivity index (χ1n) is 21.2. The molecule has 0 radical (unpaired) electrons. The van der Waals surface area contributed by atoms with Crippen molar-refractivity contribution in [1.82, 2.24) is 0 Å². The minimum atomic E-state index is 0.852. The van der Waals surface area contributed by atoms with Crippen LogP contribution in [0.2, 0.25) is 0 Å². The molecule has 0 N–H and O–H groups in total. The Bertz CT molecular complexity index is 3550. The largest absolute Gasteiger partial charge is 0.454 e. The van der Waals surface area contributed by atoms with Crippen LogP contribution < -0.4 is 4.90 Å². The molecule has 12 rings (SSSR count). The van der Waals surface area contributed by atoms with Gasteiger partial charge in [0.2, 0.25) is 0 Å². The number of hydrogen-bond acceptors (Lipinski definition) is 2. The predicted octanol–water partition coefficient (Wildman–Crippen LogP) is 17.2. The molecule has 0 saturated carbocycles. The van der Waals surface area contributed by atoms with Crippen LogP contribution in [-0.2, 0) is 0 Å². The van der Waals surface area contributed by atoms with E-state index in [0.717, 1.165) is 72.2 Å². The molecule has 62 heavy (non-hydrogen) atoms. The van der Waals surface area contributed by atoms with E-state index in [9.17, 15) is 0 Å². The normalized spacial score (nSPS) is 11.5. The van der Waals surface area contributed by atoms with Gasteiger partial charge in [0.05, 0.1) is 5.69 Å². The molecule has 12 aromatic rings. The molecule has 1 heterocycles. The van der Waals surface area contributed by atoms with Gasteiger partial charge in [0.25, 0.3) is 0 Å². The van der Waals surface area contributed by atoms with Crippen molar-refractivity contribution < 1.29 is 4.42 Å². The first-order valence-corrected chi connectivity index (χ1v) is 21.2. The minimum Gasteiger partial charge on any atom is -0.454 e. The first-order chi connectivity index (χ1) is 30.7. The number of fused-ring (bicyclic) bond motifs is 7. The Balaban J connectivity index is 1.00. The molecule has 11 aromatic carbocycles. The molecule has 0 aliphatic carbocycles. The van der Waals surface area contributed by atoms with E-state index in [4.69, 9.17) is 4.42 Å². The lowest BCUT2D eigenvalue weighted by molar-refractivity contribution is 0.669. The second kappa shape index (κ2) is 14.8. The van der Waals surface area contributed by atoms with Gasteiger partial charge in [-0.3, -0.25) is 0 Å². The molecule has 0 aliphatic heterocycles. The maximum atomic E-state index is 6.89. The van der Waals surface area contributed by atoms with Gasteiger partial charge in [-0.15, -0.1) is 0 Å². The van der Waals surface area contributed by atoms with Gasteiger partial charge < -0.3 is 9.32 Å². The molecule has 0 aliphatic rings. The van der Waals surface area contributed by atoms with E-state index in [1.165, 1.54) is 43.6 Å². The van der Waals surface area contributed by atoms with Crippen LogP contribution in [0.5, 0.6) is 0 Å². The van der Waals surface area contributed by atoms with Crippen molar-refractivity contribution in [2.45, 2.75) is 0 Å². The van der Waals surface area contributed by atoms with Crippen molar-refractivity contribution >= 4 is 71.3 Å². The molecule has 0 atom stereocenters. The number of furan rings is 1. The van der Waals surface area contributed by atoms with E-state index in [0.29, 0.717) is 0 Å². The van der Waals surface area contributed by atoms with Crippen molar-refractivity contribution in [2.75, 3.05) is 4.90 Å². The fraction of sp³-hybridized carbons (Fsp3) is 0. The molecule has 0 bridgehead atoms. The summed E-state index contributed by atoms with van der Waals surface area (Å²) in [5.74, 6) is 0. The highest BCUT2D eigenvalue weighted by atomic mass is 16.3. The van der Waals surface area contributed by atoms with Gasteiger partial charge in [0, 0.05) is 22.1 Å². The quantitative estimate of drug-likeness (QED) is 0.150. The summed E-state index contributed by atoms with van der Waals surface area (Å²) in [4.78, 5) is 2.36. The van der Waals surface area contributed by atoms with E-state index in [-0.39, 0.29) is 0 Å². The molecule has 290 valence electrons. The zero-order chi connectivity index (χ0) is 41.0. The zero-order valence-electron chi connectivity index (χ0n) is 33.9. The van der Waals surface area contributed by atoms with Crippen LogP contribution in [0.1, 0.15) is 0 Å². The van der Waals surface area contributed by atoms with E-state index in [1.54, 1.807) is 0 Å². The van der Waals surface area contributed by atoms with Crippen molar-refractivity contribution in [3.63, 3.8) is 0 Å². The highest BCUT2D eigenvalue weighted by Crippen LogP contribution is 2.45. The highest BCUT2D eigenvalue weighted by molar-refractivity contribution is 6.15. The second-order valence-corrected chi connectivity index (χ2v) is 16.1. The third-order valence-electron chi connectivity index (χ3n) is 12.4. The summed E-state index contributed by atoms with van der Waals surface area (Å²) in [6.07, 6.45) is 0. The van der Waals surface area contributed by atoms with Crippen LogP contribution in [0.25, 0.3) is 98.8 Å². The average molecular weight is 790 g/mol. The molecular weight excluding hydrogens is 751 g/mol. The van der Waals surface area contributed by atoms with E-state index in [2.05, 4.69) is 241 Å². The third kappa shape index (κ3) is 6.20. The van der Waals surface area contributed by atoms with Crippen LogP contribution in [0.3, 0.4) is 0 Å². The standard InChI is InChI=1S/C60H39NO/c1-3-14-40(15-4-1)48-34-49(41-16-5-2-6-17-41)36-51(35-48)61(58-25-13-24-55-57-37-45-18-7-8-19-46(45)39-59(57)62-60(55)58)50-32-30-43(31-33-50)42-26-28-44(29-27-42)56-38-47-20-9-10-21-52(47)53-22-11-12-23-54(53)56/h1-39H. The van der Waals surface area contributed by atoms with E-state index in [1.807, 2.05) is 0 Å². The van der Waals surface area contributed by atoms with Crippen molar-refractivity contribution in [3.05, 3.63) is 237 Å². The third-order valence-corrected chi connectivity index (χ3v) is 12.4. The van der Waals surface area contributed by atoms with Gasteiger partial charge in [0.1, 0.15) is 5.58 Å². The molecule has 1 aromatic heterocycles. The maximum Gasteiger partial charge on any atom is 0.159 e. The van der Waals surface area contributed by atoms with Gasteiger partial charge in [-0.2, -0.15) is 0 Å². The van der Waals surface area contributed by atoms with E-state index >= 15 is 0 Å². The Morgan fingerprint density at radius 1 is 0.274 bits per heavy atom. The summed E-state index contributed by atoms with van der Waals surface area (Å²) < 4.78 is 6.89. The SMILES string of the molecule is c1ccc(-c2cc(-c3ccccc3)cc(N(c3ccc(-c4ccc(-c5cc6ccccc6c6ccccc56)cc4)cc3)c3cccc4c3oc3cc5ccccc5cc34)c2)cc1. The fourth-order valence-electron chi connectivity index (χ4n) is 9.34. The number of nitrogens with zero attached hydrogens (tertiary/aromatic N) is 1. The minimum absolute atomic E-state index is 0.852. The van der Waals surface area contributed by atoms with Crippen LogP contribution >= 0.6 is 0 Å². The summed E-state index contributed by atoms with van der Waals surface area (Å²) in [6.45, 7) is 0. The smallest absolute Gasteiger partial charge is 0.159 e. The molecule has 0 amide bonds.